The van der Waals surface area contributed by atoms with Crippen LogP contribution in [0.3, 0.4) is 0 Å². The monoisotopic (exact) mass is 454 g/mol. The smallest absolute Gasteiger partial charge is 0.145 e. The van der Waals surface area contributed by atoms with E-state index < -0.39 is 0 Å². The van der Waals surface area contributed by atoms with E-state index in [1.165, 1.54) is 135 Å². The molecule has 1 nitrogen and oxygen atoms in total. The van der Waals surface area contributed by atoms with Crippen LogP contribution in [0.25, 0.3) is 0 Å². The van der Waals surface area contributed by atoms with Gasteiger partial charge in [0.2, 0.25) is 0 Å². The van der Waals surface area contributed by atoms with E-state index in [4.69, 9.17) is 0 Å². The Morgan fingerprint density at radius 3 is 1.18 bits per heavy atom. The van der Waals surface area contributed by atoms with Gasteiger partial charge in [0, 0.05) is 10.8 Å². The molecule has 0 aromatic heterocycles. The topological polar surface area (TPSA) is 17.1 Å². The highest BCUT2D eigenvalue weighted by Crippen LogP contribution is 2.65. The van der Waals surface area contributed by atoms with Crippen LogP contribution < -0.4 is 0 Å². The highest BCUT2D eigenvalue weighted by molar-refractivity contribution is 5.96. The molecule has 0 radical (unpaired) electrons. The molecule has 0 heterocycles. The summed E-state index contributed by atoms with van der Waals surface area (Å²) in [5.74, 6) is 6.67. The molecule has 0 N–H and O–H groups in total. The summed E-state index contributed by atoms with van der Waals surface area (Å²) >= 11 is 0. The van der Waals surface area contributed by atoms with Gasteiger partial charge in [-0.2, -0.15) is 0 Å². The lowest BCUT2D eigenvalue weighted by atomic mass is 9.42. The first-order valence-corrected chi connectivity index (χ1v) is 15.6. The molecule has 5 aliphatic carbocycles. The van der Waals surface area contributed by atoms with Crippen LogP contribution in [0.5, 0.6) is 0 Å². The molecule has 5 fully saturated rings. The summed E-state index contributed by atoms with van der Waals surface area (Å²) in [6.07, 6.45) is 29.3. The number of carbonyl (C=O) groups excluding carboxylic acids is 1. The Morgan fingerprint density at radius 1 is 0.545 bits per heavy atom. The van der Waals surface area contributed by atoms with Crippen molar-refractivity contribution in [1.82, 2.24) is 0 Å². The van der Waals surface area contributed by atoms with E-state index in [2.05, 4.69) is 13.8 Å². The molecule has 0 unspecified atom stereocenters. The van der Waals surface area contributed by atoms with Crippen LogP contribution in [0.1, 0.15) is 149 Å². The largest absolute Gasteiger partial charge is 0.298 e. The van der Waals surface area contributed by atoms with Crippen LogP contribution in [0.15, 0.2) is 0 Å². The predicted octanol–water partition coefficient (Wildman–Crippen LogP) is 9.53. The first kappa shape index (κ1) is 24.4. The maximum Gasteiger partial charge on any atom is 0.145 e. The number of rotatable bonds is 6. The summed E-state index contributed by atoms with van der Waals surface area (Å²) in [6.45, 7) is 4.69. The minimum atomic E-state index is 0.140. The van der Waals surface area contributed by atoms with Gasteiger partial charge in [0.05, 0.1) is 0 Å². The Labute approximate surface area is 205 Å². The van der Waals surface area contributed by atoms with Crippen molar-refractivity contribution in [3.05, 3.63) is 0 Å². The standard InChI is InChI=1S/C32H54O/c1-3-5-24-7-11-26(12-8-24)28-15-19-31(20-16-28)23-32(30(31)33)21-17-29(18-22-32)27-13-9-25(6-4-2)10-14-27/h24-29H,3-23H2,1-2H3/t24-,25-,26-,27-,28?,29?,31?,32?. The summed E-state index contributed by atoms with van der Waals surface area (Å²) in [4.78, 5) is 13.7. The SMILES string of the molecule is CCC[C@H]1CC[C@H](C2CCC3(CC2)CC2(CCC([C@H]4CC[C@H](CCC)CC4)CC2)C3=O)CC1. The fraction of sp³-hybridized carbons (Fsp3) is 0.969. The molecule has 2 spiro atoms. The molecule has 0 aromatic carbocycles. The lowest BCUT2D eigenvalue weighted by Crippen LogP contribution is -2.60. The van der Waals surface area contributed by atoms with Crippen molar-refractivity contribution in [3.63, 3.8) is 0 Å². The Bertz CT molecular complexity index is 577. The van der Waals surface area contributed by atoms with E-state index in [9.17, 15) is 4.79 Å². The molecule has 5 aliphatic rings. The van der Waals surface area contributed by atoms with Crippen LogP contribution >= 0.6 is 0 Å². The van der Waals surface area contributed by atoms with Crippen molar-refractivity contribution < 1.29 is 4.79 Å². The summed E-state index contributed by atoms with van der Waals surface area (Å²) in [7, 11) is 0. The zero-order chi connectivity index (χ0) is 22.9. The van der Waals surface area contributed by atoms with Crippen LogP contribution in [0.2, 0.25) is 0 Å². The van der Waals surface area contributed by atoms with E-state index >= 15 is 0 Å². The van der Waals surface area contributed by atoms with Gasteiger partial charge in [-0.05, 0) is 119 Å². The minimum absolute atomic E-state index is 0.140. The van der Waals surface area contributed by atoms with Gasteiger partial charge in [-0.3, -0.25) is 4.79 Å². The first-order chi connectivity index (χ1) is 16.1. The molecule has 5 rings (SSSR count). The van der Waals surface area contributed by atoms with Gasteiger partial charge >= 0.3 is 0 Å². The van der Waals surface area contributed by atoms with Crippen molar-refractivity contribution in [2.45, 2.75) is 149 Å². The van der Waals surface area contributed by atoms with Gasteiger partial charge in [0.1, 0.15) is 5.78 Å². The van der Waals surface area contributed by atoms with Gasteiger partial charge < -0.3 is 0 Å². The van der Waals surface area contributed by atoms with E-state index in [1.54, 1.807) is 0 Å². The van der Waals surface area contributed by atoms with E-state index in [0.29, 0.717) is 0 Å². The minimum Gasteiger partial charge on any atom is -0.298 e. The summed E-state index contributed by atoms with van der Waals surface area (Å²) in [5.41, 5.74) is 0.280. The molecule has 0 aliphatic heterocycles. The molecule has 188 valence electrons. The summed E-state index contributed by atoms with van der Waals surface area (Å²) in [5, 5.41) is 0. The number of ketones is 1. The van der Waals surface area contributed by atoms with Gasteiger partial charge in [0.15, 0.2) is 0 Å². The normalized spacial score (nSPS) is 46.4. The van der Waals surface area contributed by atoms with Crippen molar-refractivity contribution in [2.75, 3.05) is 0 Å². The molecule has 0 saturated heterocycles. The van der Waals surface area contributed by atoms with Crippen LogP contribution in [0.4, 0.5) is 0 Å². The zero-order valence-corrected chi connectivity index (χ0v) is 22.2. The molecule has 0 aromatic rings. The van der Waals surface area contributed by atoms with Crippen molar-refractivity contribution >= 4 is 5.78 Å². The Morgan fingerprint density at radius 2 is 0.879 bits per heavy atom. The average Bonchev–Trinajstić information content (AvgIpc) is 2.86. The molecule has 0 atom stereocenters. The number of hydrogen-bond acceptors (Lipinski definition) is 1. The number of Topliss-reactive ketones (excluding diaryl/α,β-unsaturated/α-hetero) is 1. The molecule has 5 saturated carbocycles. The summed E-state index contributed by atoms with van der Waals surface area (Å²) in [6, 6.07) is 0. The lowest BCUT2D eigenvalue weighted by molar-refractivity contribution is -0.170. The third kappa shape index (κ3) is 4.87. The predicted molar refractivity (Wildman–Crippen MR) is 139 cm³/mol. The first-order valence-electron chi connectivity index (χ1n) is 15.6. The quantitative estimate of drug-likeness (QED) is 0.390. The average molecular weight is 455 g/mol. The summed E-state index contributed by atoms with van der Waals surface area (Å²) < 4.78 is 0. The van der Waals surface area contributed by atoms with Crippen molar-refractivity contribution in [1.29, 1.82) is 0 Å². The maximum absolute atomic E-state index is 13.7. The Kier molecular flexibility index (Phi) is 7.64. The van der Waals surface area contributed by atoms with Crippen molar-refractivity contribution in [2.24, 2.45) is 46.3 Å². The fourth-order valence-corrected chi connectivity index (χ4v) is 10.1. The maximum atomic E-state index is 13.7. The highest BCUT2D eigenvalue weighted by Gasteiger charge is 2.63. The molecule has 0 bridgehead atoms. The Hall–Kier alpha value is -0.330. The second-order valence-corrected chi connectivity index (χ2v) is 13.9. The highest BCUT2D eigenvalue weighted by atomic mass is 16.1. The van der Waals surface area contributed by atoms with Gasteiger partial charge in [-0.25, -0.2) is 0 Å². The van der Waals surface area contributed by atoms with Crippen molar-refractivity contribution in [3.8, 4) is 0 Å². The second-order valence-electron chi connectivity index (χ2n) is 13.9. The van der Waals surface area contributed by atoms with E-state index in [0.717, 1.165) is 41.3 Å². The number of hydrogen-bond donors (Lipinski definition) is 0. The van der Waals surface area contributed by atoms with Gasteiger partial charge in [-0.15, -0.1) is 0 Å². The molecular formula is C32H54O. The van der Waals surface area contributed by atoms with E-state index in [-0.39, 0.29) is 10.8 Å². The Balaban J connectivity index is 1.06. The third-order valence-electron chi connectivity index (χ3n) is 12.1. The fourth-order valence-electron chi connectivity index (χ4n) is 10.1. The third-order valence-corrected chi connectivity index (χ3v) is 12.1. The van der Waals surface area contributed by atoms with Crippen LogP contribution in [0, 0.1) is 46.3 Å². The van der Waals surface area contributed by atoms with Gasteiger partial charge in [-0.1, -0.05) is 65.2 Å². The second kappa shape index (κ2) is 10.3. The van der Waals surface area contributed by atoms with Gasteiger partial charge in [0.25, 0.3) is 0 Å². The molecule has 0 amide bonds. The van der Waals surface area contributed by atoms with E-state index in [1.807, 2.05) is 0 Å². The molecule has 1 heteroatoms. The molecule has 33 heavy (non-hydrogen) atoms. The number of carbonyl (C=O) groups is 1. The molecular weight excluding hydrogens is 400 g/mol. The van der Waals surface area contributed by atoms with Crippen LogP contribution in [-0.4, -0.2) is 5.78 Å². The zero-order valence-electron chi connectivity index (χ0n) is 22.2. The lowest BCUT2D eigenvalue weighted by Gasteiger charge is -2.60. The van der Waals surface area contributed by atoms with Crippen LogP contribution in [-0.2, 0) is 4.79 Å².